The number of hydrogen-bond acceptors (Lipinski definition) is 1. The van der Waals surface area contributed by atoms with Crippen LogP contribution < -0.4 is 5.32 Å². The molecule has 0 heterocycles. The van der Waals surface area contributed by atoms with Crippen molar-refractivity contribution in [1.29, 1.82) is 0 Å². The normalized spacial score (nSPS) is 10.6. The van der Waals surface area contributed by atoms with Crippen LogP contribution in [0.2, 0.25) is 0 Å². The highest BCUT2D eigenvalue weighted by atomic mass is 16.1. The number of rotatable bonds is 4. The van der Waals surface area contributed by atoms with Gasteiger partial charge in [0.1, 0.15) is 0 Å². The van der Waals surface area contributed by atoms with Crippen LogP contribution in [0.3, 0.4) is 0 Å². The van der Waals surface area contributed by atoms with E-state index in [-0.39, 0.29) is 5.91 Å². The quantitative estimate of drug-likeness (QED) is 0.820. The molecule has 0 saturated carbocycles. The minimum atomic E-state index is -0.120. The fourth-order valence-electron chi connectivity index (χ4n) is 1.74. The van der Waals surface area contributed by atoms with Gasteiger partial charge < -0.3 is 5.32 Å². The van der Waals surface area contributed by atoms with Crippen LogP contribution >= 0.6 is 0 Å². The average molecular weight is 251 g/mol. The first kappa shape index (κ1) is 13.1. The predicted molar refractivity (Wildman–Crippen MR) is 79.9 cm³/mol. The lowest BCUT2D eigenvalue weighted by molar-refractivity contribution is -0.111. The number of benzene rings is 2. The first-order valence-electron chi connectivity index (χ1n) is 6.41. The molecule has 0 bridgehead atoms. The molecule has 2 heteroatoms. The lowest BCUT2D eigenvalue weighted by Crippen LogP contribution is -2.07. The molecule has 0 saturated heterocycles. The van der Waals surface area contributed by atoms with Gasteiger partial charge in [-0.2, -0.15) is 0 Å². The number of amides is 1. The number of para-hydroxylation sites is 1. The maximum Gasteiger partial charge on any atom is 0.248 e. The fraction of sp³-hybridized carbons (Fsp3) is 0.118. The van der Waals surface area contributed by atoms with Crippen LogP contribution in [-0.2, 0) is 11.2 Å². The van der Waals surface area contributed by atoms with Gasteiger partial charge in [-0.05, 0) is 35.8 Å². The van der Waals surface area contributed by atoms with E-state index in [4.69, 9.17) is 0 Å². The van der Waals surface area contributed by atoms with Crippen LogP contribution in [0, 0.1) is 0 Å². The Hall–Kier alpha value is -2.35. The molecule has 96 valence electrons. The molecule has 0 spiro atoms. The van der Waals surface area contributed by atoms with Gasteiger partial charge in [-0.25, -0.2) is 0 Å². The molecule has 2 nitrogen and oxygen atoms in total. The average Bonchev–Trinajstić information content (AvgIpc) is 2.47. The highest BCUT2D eigenvalue weighted by Gasteiger charge is 1.96. The zero-order valence-electron chi connectivity index (χ0n) is 11.0. The molecule has 2 aromatic carbocycles. The van der Waals surface area contributed by atoms with Gasteiger partial charge in [0.05, 0.1) is 0 Å². The van der Waals surface area contributed by atoms with Gasteiger partial charge in [0.25, 0.3) is 0 Å². The van der Waals surface area contributed by atoms with Crippen LogP contribution in [0.1, 0.15) is 18.1 Å². The van der Waals surface area contributed by atoms with Gasteiger partial charge in [0.15, 0.2) is 0 Å². The van der Waals surface area contributed by atoms with Crippen molar-refractivity contribution in [2.45, 2.75) is 13.3 Å². The van der Waals surface area contributed by atoms with Gasteiger partial charge in [-0.3, -0.25) is 4.79 Å². The summed E-state index contributed by atoms with van der Waals surface area (Å²) in [6.07, 6.45) is 4.39. The Morgan fingerprint density at radius 2 is 1.74 bits per heavy atom. The van der Waals surface area contributed by atoms with E-state index >= 15 is 0 Å². The first-order valence-corrected chi connectivity index (χ1v) is 6.41. The molecular formula is C17H17NO. The van der Waals surface area contributed by atoms with Crippen molar-refractivity contribution >= 4 is 17.7 Å². The molecule has 0 aromatic heterocycles. The zero-order chi connectivity index (χ0) is 13.5. The molecule has 1 N–H and O–H groups in total. The smallest absolute Gasteiger partial charge is 0.248 e. The molecule has 2 aromatic rings. The van der Waals surface area contributed by atoms with Gasteiger partial charge in [0, 0.05) is 11.8 Å². The summed E-state index contributed by atoms with van der Waals surface area (Å²) < 4.78 is 0. The number of hydrogen-bond donors (Lipinski definition) is 1. The molecule has 0 radical (unpaired) electrons. The Morgan fingerprint density at radius 1 is 1.05 bits per heavy atom. The lowest BCUT2D eigenvalue weighted by atomic mass is 10.1. The molecule has 19 heavy (non-hydrogen) atoms. The van der Waals surface area contributed by atoms with Crippen molar-refractivity contribution in [3.05, 3.63) is 71.8 Å². The zero-order valence-corrected chi connectivity index (χ0v) is 11.0. The first-order chi connectivity index (χ1) is 9.28. The highest BCUT2D eigenvalue weighted by Crippen LogP contribution is 2.08. The molecule has 0 aliphatic rings. The van der Waals surface area contributed by atoms with Gasteiger partial charge in [-0.15, -0.1) is 0 Å². The van der Waals surface area contributed by atoms with E-state index in [2.05, 4.69) is 24.4 Å². The molecule has 2 rings (SSSR count). The molecule has 0 atom stereocenters. The van der Waals surface area contributed by atoms with E-state index < -0.39 is 0 Å². The van der Waals surface area contributed by atoms with E-state index in [0.717, 1.165) is 17.7 Å². The van der Waals surface area contributed by atoms with E-state index in [9.17, 15) is 4.79 Å². The summed E-state index contributed by atoms with van der Waals surface area (Å²) in [6.45, 7) is 2.12. The Balaban J connectivity index is 1.96. The standard InChI is InChI=1S/C17H17NO/c1-2-14-8-10-15(11-9-14)12-13-17(19)18-16-6-4-3-5-7-16/h3-13H,2H2,1H3,(H,18,19). The van der Waals surface area contributed by atoms with E-state index in [0.29, 0.717) is 0 Å². The van der Waals surface area contributed by atoms with Crippen LogP contribution in [0.4, 0.5) is 5.69 Å². The molecule has 0 aliphatic carbocycles. The summed E-state index contributed by atoms with van der Waals surface area (Å²) in [7, 11) is 0. The second-order valence-corrected chi connectivity index (χ2v) is 4.28. The van der Waals surface area contributed by atoms with Crippen LogP contribution in [0.25, 0.3) is 6.08 Å². The molecule has 1 amide bonds. The number of carbonyl (C=O) groups excluding carboxylic acids is 1. The highest BCUT2D eigenvalue weighted by molar-refractivity contribution is 6.01. The van der Waals surface area contributed by atoms with Crippen LogP contribution in [0.5, 0.6) is 0 Å². The maximum absolute atomic E-state index is 11.7. The second kappa shape index (κ2) is 6.55. The van der Waals surface area contributed by atoms with Crippen molar-refractivity contribution < 1.29 is 4.79 Å². The maximum atomic E-state index is 11.7. The SMILES string of the molecule is CCc1ccc(C=CC(=O)Nc2ccccc2)cc1. The minimum absolute atomic E-state index is 0.120. The minimum Gasteiger partial charge on any atom is -0.323 e. The third-order valence-electron chi connectivity index (χ3n) is 2.86. The van der Waals surface area contributed by atoms with Crippen molar-refractivity contribution in [2.24, 2.45) is 0 Å². The van der Waals surface area contributed by atoms with Gasteiger partial charge in [0.2, 0.25) is 5.91 Å². The topological polar surface area (TPSA) is 29.1 Å². The van der Waals surface area contributed by atoms with E-state index in [1.54, 1.807) is 6.08 Å². The van der Waals surface area contributed by atoms with Crippen LogP contribution in [-0.4, -0.2) is 5.91 Å². The summed E-state index contributed by atoms with van der Waals surface area (Å²) in [5, 5.41) is 2.81. The molecule has 0 unspecified atom stereocenters. The van der Waals surface area contributed by atoms with Crippen LogP contribution in [0.15, 0.2) is 60.7 Å². The van der Waals surface area contributed by atoms with Crippen molar-refractivity contribution in [2.75, 3.05) is 5.32 Å². The third-order valence-corrected chi connectivity index (χ3v) is 2.86. The molecular weight excluding hydrogens is 234 g/mol. The summed E-state index contributed by atoms with van der Waals surface area (Å²) in [4.78, 5) is 11.7. The number of carbonyl (C=O) groups is 1. The fourth-order valence-corrected chi connectivity index (χ4v) is 1.74. The van der Waals surface area contributed by atoms with E-state index in [1.165, 1.54) is 5.56 Å². The molecule has 0 aliphatic heterocycles. The Morgan fingerprint density at radius 3 is 2.37 bits per heavy atom. The Labute approximate surface area is 113 Å². The van der Waals surface area contributed by atoms with Gasteiger partial charge in [-0.1, -0.05) is 49.4 Å². The van der Waals surface area contributed by atoms with Crippen molar-refractivity contribution in [1.82, 2.24) is 0 Å². The largest absolute Gasteiger partial charge is 0.323 e. The number of aryl methyl sites for hydroxylation is 1. The predicted octanol–water partition coefficient (Wildman–Crippen LogP) is 3.90. The van der Waals surface area contributed by atoms with Crippen molar-refractivity contribution in [3.63, 3.8) is 0 Å². The summed E-state index contributed by atoms with van der Waals surface area (Å²) in [5.74, 6) is -0.120. The lowest BCUT2D eigenvalue weighted by Gasteiger charge is -2.01. The van der Waals surface area contributed by atoms with Gasteiger partial charge >= 0.3 is 0 Å². The number of nitrogens with one attached hydrogen (secondary N) is 1. The summed E-state index contributed by atoms with van der Waals surface area (Å²) in [6, 6.07) is 17.6. The Kier molecular flexibility index (Phi) is 4.51. The third kappa shape index (κ3) is 4.11. The number of anilines is 1. The Bertz CT molecular complexity index is 556. The monoisotopic (exact) mass is 251 g/mol. The summed E-state index contributed by atoms with van der Waals surface area (Å²) in [5.41, 5.74) is 3.13. The van der Waals surface area contributed by atoms with Crippen molar-refractivity contribution in [3.8, 4) is 0 Å². The van der Waals surface area contributed by atoms with E-state index in [1.807, 2.05) is 48.5 Å². The molecule has 0 fully saturated rings. The summed E-state index contributed by atoms with van der Waals surface area (Å²) >= 11 is 0. The second-order valence-electron chi connectivity index (χ2n) is 4.28.